The van der Waals surface area contributed by atoms with Gasteiger partial charge in [0.25, 0.3) is 5.91 Å². The molecule has 2 heterocycles. The number of aryl methyl sites for hydroxylation is 1. The maximum atomic E-state index is 11.9. The van der Waals surface area contributed by atoms with Crippen LogP contribution in [0, 0.1) is 6.92 Å². The molecule has 1 aliphatic heterocycles. The zero-order valence-electron chi connectivity index (χ0n) is 12.2. The maximum Gasteiger partial charge on any atom is 0.254 e. The van der Waals surface area contributed by atoms with Gasteiger partial charge in [-0.2, -0.15) is 0 Å². The first-order chi connectivity index (χ1) is 10.2. The number of rotatable bonds is 7. The first-order valence-corrected chi connectivity index (χ1v) is 7.64. The number of halogens is 1. The smallest absolute Gasteiger partial charge is 0.254 e. The minimum Gasteiger partial charge on any atom is -0.379 e. The highest BCUT2D eigenvalue weighted by Crippen LogP contribution is 2.15. The zero-order chi connectivity index (χ0) is 15.1. The van der Waals surface area contributed by atoms with Gasteiger partial charge in [0.1, 0.15) is 0 Å². The van der Waals surface area contributed by atoms with Crippen molar-refractivity contribution in [3.63, 3.8) is 0 Å². The second kappa shape index (κ2) is 8.32. The van der Waals surface area contributed by atoms with E-state index in [4.69, 9.17) is 21.1 Å². The van der Waals surface area contributed by atoms with E-state index in [1.807, 2.05) is 6.92 Å². The molecule has 116 valence electrons. The molecule has 1 aromatic heterocycles. The third-order valence-electron chi connectivity index (χ3n) is 3.31. The van der Waals surface area contributed by atoms with Crippen molar-refractivity contribution in [2.75, 3.05) is 26.4 Å². The van der Waals surface area contributed by atoms with E-state index in [9.17, 15) is 4.79 Å². The monoisotopic (exact) mass is 312 g/mol. The van der Waals surface area contributed by atoms with Gasteiger partial charge in [-0.05, 0) is 32.3 Å². The van der Waals surface area contributed by atoms with Crippen molar-refractivity contribution < 1.29 is 14.3 Å². The van der Waals surface area contributed by atoms with Gasteiger partial charge >= 0.3 is 0 Å². The molecular formula is C15H21ClN2O3. The molecule has 0 radical (unpaired) electrons. The number of carbonyl (C=O) groups is 1. The molecule has 0 spiro atoms. The number of ether oxygens (including phenoxy) is 2. The lowest BCUT2D eigenvalue weighted by molar-refractivity contribution is 0.0166. The Balaban J connectivity index is 1.60. The number of carbonyl (C=O) groups excluding carboxylic acids is 1. The molecule has 1 unspecified atom stereocenters. The lowest BCUT2D eigenvalue weighted by Gasteiger charge is -2.10. The Labute approximate surface area is 130 Å². The summed E-state index contributed by atoms with van der Waals surface area (Å²) in [6, 6.07) is 1.68. The van der Waals surface area contributed by atoms with E-state index in [0.717, 1.165) is 31.6 Å². The Bertz CT molecular complexity index is 476. The summed E-state index contributed by atoms with van der Waals surface area (Å²) in [5.41, 5.74) is 1.20. The Hall–Kier alpha value is -1.17. The van der Waals surface area contributed by atoms with Gasteiger partial charge in [0, 0.05) is 31.6 Å². The average Bonchev–Trinajstić information content (AvgIpc) is 2.95. The number of amides is 1. The van der Waals surface area contributed by atoms with Crippen molar-refractivity contribution in [1.29, 1.82) is 0 Å². The zero-order valence-corrected chi connectivity index (χ0v) is 13.0. The van der Waals surface area contributed by atoms with Crippen LogP contribution >= 0.6 is 11.6 Å². The fourth-order valence-corrected chi connectivity index (χ4v) is 2.45. The average molecular weight is 313 g/mol. The molecule has 21 heavy (non-hydrogen) atoms. The highest BCUT2D eigenvalue weighted by molar-refractivity contribution is 6.33. The SMILES string of the molecule is Cc1cc(Cl)c(C(=O)NCCCOCC2CCCO2)cn1. The molecule has 0 saturated carbocycles. The minimum absolute atomic E-state index is 0.202. The van der Waals surface area contributed by atoms with Gasteiger partial charge in [-0.15, -0.1) is 0 Å². The van der Waals surface area contributed by atoms with E-state index >= 15 is 0 Å². The van der Waals surface area contributed by atoms with E-state index in [1.165, 1.54) is 6.20 Å². The largest absolute Gasteiger partial charge is 0.379 e. The highest BCUT2D eigenvalue weighted by Gasteiger charge is 2.15. The van der Waals surface area contributed by atoms with Gasteiger partial charge < -0.3 is 14.8 Å². The number of hydrogen-bond donors (Lipinski definition) is 1. The first-order valence-electron chi connectivity index (χ1n) is 7.26. The lowest BCUT2D eigenvalue weighted by atomic mass is 10.2. The predicted molar refractivity (Wildman–Crippen MR) is 80.7 cm³/mol. The fourth-order valence-electron chi connectivity index (χ4n) is 2.16. The summed E-state index contributed by atoms with van der Waals surface area (Å²) in [6.45, 7) is 4.48. The number of nitrogens with one attached hydrogen (secondary N) is 1. The van der Waals surface area contributed by atoms with E-state index in [1.54, 1.807) is 6.07 Å². The van der Waals surface area contributed by atoms with E-state index < -0.39 is 0 Å². The summed E-state index contributed by atoms with van der Waals surface area (Å²) in [5, 5.41) is 3.24. The molecule has 1 aliphatic rings. The number of nitrogens with zero attached hydrogens (tertiary/aromatic N) is 1. The standard InChI is InChI=1S/C15H21ClN2O3/c1-11-8-14(16)13(9-18-11)15(19)17-5-3-6-20-10-12-4-2-7-21-12/h8-9,12H,2-7,10H2,1H3,(H,17,19). The molecule has 1 amide bonds. The summed E-state index contributed by atoms with van der Waals surface area (Å²) < 4.78 is 11.0. The minimum atomic E-state index is -0.202. The van der Waals surface area contributed by atoms with Gasteiger partial charge in [0.2, 0.25) is 0 Å². The molecule has 1 atom stereocenters. The normalized spacial score (nSPS) is 17.9. The van der Waals surface area contributed by atoms with Gasteiger partial charge in [-0.1, -0.05) is 11.6 Å². The second-order valence-corrected chi connectivity index (χ2v) is 5.53. The Morgan fingerprint density at radius 2 is 2.48 bits per heavy atom. The van der Waals surface area contributed by atoms with Crippen LogP contribution in [0.2, 0.25) is 5.02 Å². The molecule has 1 aromatic rings. The molecule has 1 saturated heterocycles. The number of pyridine rings is 1. The molecular weight excluding hydrogens is 292 g/mol. The summed E-state index contributed by atoms with van der Waals surface area (Å²) in [7, 11) is 0. The van der Waals surface area contributed by atoms with Crippen LogP contribution in [0.25, 0.3) is 0 Å². The number of hydrogen-bond acceptors (Lipinski definition) is 4. The summed E-state index contributed by atoms with van der Waals surface area (Å²) in [4.78, 5) is 16.0. The van der Waals surface area contributed by atoms with E-state index in [2.05, 4.69) is 10.3 Å². The molecule has 6 heteroatoms. The van der Waals surface area contributed by atoms with Crippen LogP contribution in [-0.2, 0) is 9.47 Å². The maximum absolute atomic E-state index is 11.9. The Morgan fingerprint density at radius 1 is 1.62 bits per heavy atom. The van der Waals surface area contributed by atoms with Crippen molar-refractivity contribution in [1.82, 2.24) is 10.3 Å². The topological polar surface area (TPSA) is 60.5 Å². The summed E-state index contributed by atoms with van der Waals surface area (Å²) in [6.07, 6.45) is 4.71. The molecule has 0 aromatic carbocycles. The molecule has 5 nitrogen and oxygen atoms in total. The van der Waals surface area contributed by atoms with Crippen LogP contribution in [-0.4, -0.2) is 43.4 Å². The Kier molecular flexibility index (Phi) is 6.42. The molecule has 2 rings (SSSR count). The first kappa shape index (κ1) is 16.2. The summed E-state index contributed by atoms with van der Waals surface area (Å²) in [5.74, 6) is -0.202. The van der Waals surface area contributed by atoms with Crippen molar-refractivity contribution in [2.24, 2.45) is 0 Å². The van der Waals surface area contributed by atoms with E-state index in [0.29, 0.717) is 30.3 Å². The van der Waals surface area contributed by atoms with Crippen LogP contribution in [0.5, 0.6) is 0 Å². The van der Waals surface area contributed by atoms with Crippen molar-refractivity contribution >= 4 is 17.5 Å². The third kappa shape index (κ3) is 5.26. The molecule has 0 bridgehead atoms. The molecule has 0 aliphatic carbocycles. The fraction of sp³-hybridized carbons (Fsp3) is 0.600. The second-order valence-electron chi connectivity index (χ2n) is 5.12. The summed E-state index contributed by atoms with van der Waals surface area (Å²) >= 11 is 6.02. The van der Waals surface area contributed by atoms with Gasteiger partial charge in [0.15, 0.2) is 0 Å². The van der Waals surface area contributed by atoms with Crippen molar-refractivity contribution in [2.45, 2.75) is 32.3 Å². The van der Waals surface area contributed by atoms with Gasteiger partial charge in [-0.3, -0.25) is 9.78 Å². The highest BCUT2D eigenvalue weighted by atomic mass is 35.5. The van der Waals surface area contributed by atoms with Crippen LogP contribution in [0.4, 0.5) is 0 Å². The van der Waals surface area contributed by atoms with Gasteiger partial charge in [0.05, 0.1) is 23.3 Å². The van der Waals surface area contributed by atoms with Crippen LogP contribution in [0.1, 0.15) is 35.3 Å². The van der Waals surface area contributed by atoms with Crippen molar-refractivity contribution in [3.8, 4) is 0 Å². The number of aromatic nitrogens is 1. The van der Waals surface area contributed by atoms with Crippen LogP contribution in [0.15, 0.2) is 12.3 Å². The molecule has 1 fully saturated rings. The van der Waals surface area contributed by atoms with Crippen molar-refractivity contribution in [3.05, 3.63) is 28.5 Å². The molecule has 1 N–H and O–H groups in total. The Morgan fingerprint density at radius 3 is 3.19 bits per heavy atom. The van der Waals surface area contributed by atoms with Crippen LogP contribution in [0.3, 0.4) is 0 Å². The lowest BCUT2D eigenvalue weighted by Crippen LogP contribution is -2.26. The quantitative estimate of drug-likeness (QED) is 0.785. The van der Waals surface area contributed by atoms with Gasteiger partial charge in [-0.25, -0.2) is 0 Å². The predicted octanol–water partition coefficient (Wildman–Crippen LogP) is 2.36. The van der Waals surface area contributed by atoms with Crippen LogP contribution < -0.4 is 5.32 Å². The third-order valence-corrected chi connectivity index (χ3v) is 3.63. The van der Waals surface area contributed by atoms with E-state index in [-0.39, 0.29) is 12.0 Å².